The fourth-order valence-electron chi connectivity index (χ4n) is 10.3. The van der Waals surface area contributed by atoms with Crippen LogP contribution in [0.5, 0.6) is 0 Å². The number of halogens is 3. The number of alkyl halides is 3. The van der Waals surface area contributed by atoms with Gasteiger partial charge < -0.3 is 20.9 Å². The quantitative estimate of drug-likeness (QED) is 0.411. The van der Waals surface area contributed by atoms with Gasteiger partial charge >= 0.3 is 12.1 Å². The highest BCUT2D eigenvalue weighted by molar-refractivity contribution is 5.95. The third-order valence-corrected chi connectivity index (χ3v) is 11.8. The van der Waals surface area contributed by atoms with E-state index >= 15 is 0 Å². The van der Waals surface area contributed by atoms with Crippen LogP contribution in [-0.4, -0.2) is 64.9 Å². The summed E-state index contributed by atoms with van der Waals surface area (Å²) in [6.07, 6.45) is 0.274. The van der Waals surface area contributed by atoms with Crippen molar-refractivity contribution in [3.8, 4) is 6.07 Å². The second-order valence-electron chi connectivity index (χ2n) is 15.8. The third kappa shape index (κ3) is 5.18. The van der Waals surface area contributed by atoms with Crippen molar-refractivity contribution in [3.63, 3.8) is 0 Å². The molecule has 43 heavy (non-hydrogen) atoms. The van der Waals surface area contributed by atoms with Crippen LogP contribution in [0.25, 0.3) is 0 Å². The van der Waals surface area contributed by atoms with Crippen LogP contribution < -0.4 is 16.0 Å². The molecule has 4 bridgehead atoms. The van der Waals surface area contributed by atoms with E-state index in [1.54, 1.807) is 0 Å². The molecule has 2 heterocycles. The van der Waals surface area contributed by atoms with Gasteiger partial charge in [-0.1, -0.05) is 13.8 Å². The van der Waals surface area contributed by atoms with E-state index in [-0.39, 0.29) is 36.1 Å². The molecule has 236 valence electrons. The van der Waals surface area contributed by atoms with Crippen LogP contribution in [0.1, 0.15) is 79.1 Å². The molecule has 0 radical (unpaired) electrons. The number of rotatable bonds is 7. The number of carbonyl (C=O) groups is 4. The molecular formula is C31H42F3N5O4. The second-order valence-corrected chi connectivity index (χ2v) is 15.8. The highest BCUT2D eigenvalue weighted by atomic mass is 19.4. The number of nitriles is 1. The van der Waals surface area contributed by atoms with Crippen molar-refractivity contribution in [2.24, 2.45) is 46.3 Å². The number of nitrogens with one attached hydrogen (secondary N) is 3. The van der Waals surface area contributed by atoms with Gasteiger partial charge in [0, 0.05) is 23.4 Å². The summed E-state index contributed by atoms with van der Waals surface area (Å²) in [5.74, 6) is -3.21. The molecular weight excluding hydrogens is 563 g/mol. The zero-order valence-corrected chi connectivity index (χ0v) is 25.2. The minimum atomic E-state index is -5.14. The fraction of sp³-hybridized carbons (Fsp3) is 0.839. The second kappa shape index (κ2) is 9.83. The molecule has 7 rings (SSSR count). The average Bonchev–Trinajstić information content (AvgIpc) is 3.16. The number of fused-ring (bicyclic) bond motifs is 1. The number of carbonyl (C=O) groups excluding carboxylic acids is 4. The van der Waals surface area contributed by atoms with Crippen molar-refractivity contribution in [2.75, 3.05) is 6.54 Å². The highest BCUT2D eigenvalue weighted by Crippen LogP contribution is 2.66. The summed E-state index contributed by atoms with van der Waals surface area (Å²) in [5.41, 5.74) is -1.45. The molecule has 7 fully saturated rings. The van der Waals surface area contributed by atoms with Crippen molar-refractivity contribution >= 4 is 23.6 Å². The molecule has 5 aliphatic carbocycles. The molecule has 3 N–H and O–H groups in total. The number of piperidine rings is 1. The van der Waals surface area contributed by atoms with Gasteiger partial charge in [0.15, 0.2) is 0 Å². The lowest BCUT2D eigenvalue weighted by molar-refractivity contribution is -0.179. The summed E-state index contributed by atoms with van der Waals surface area (Å²) >= 11 is 0. The standard InChI is InChI=1S/C31H42F3N5O4/c1-28(2)12-18(24(40)38-28)8-19(13-35)36-25(41)22-21-20(29(21,3)4)14-39(22)26(42)23(37-27(43)31(32,33)34)30-9-15-5-16(10-30)7-17(6-15)11-30/h15-23H,5-12,14H2,1-4H3,(H,36,41)(H,37,43)(H,38,40)/t15?,16?,17?,18-,19+,20+,21+,22+,23?,30?/m1/s1. The van der Waals surface area contributed by atoms with E-state index in [9.17, 15) is 37.6 Å². The summed E-state index contributed by atoms with van der Waals surface area (Å²) in [7, 11) is 0. The number of nitrogens with zero attached hydrogens (tertiary/aromatic N) is 2. The van der Waals surface area contributed by atoms with Crippen molar-refractivity contribution in [1.82, 2.24) is 20.9 Å². The van der Waals surface area contributed by atoms with Crippen LogP contribution in [0, 0.1) is 57.7 Å². The van der Waals surface area contributed by atoms with Gasteiger partial charge in [-0.25, -0.2) is 0 Å². The van der Waals surface area contributed by atoms with Gasteiger partial charge in [0.1, 0.15) is 18.1 Å². The Morgan fingerprint density at radius 1 is 1.02 bits per heavy atom. The Labute approximate surface area is 250 Å². The first-order valence-electron chi connectivity index (χ1n) is 15.6. The Hall–Kier alpha value is -2.84. The van der Waals surface area contributed by atoms with Crippen LogP contribution in [0.4, 0.5) is 13.2 Å². The first kappa shape index (κ1) is 30.2. The van der Waals surface area contributed by atoms with E-state index in [2.05, 4.69) is 22.0 Å². The largest absolute Gasteiger partial charge is 0.471 e. The lowest BCUT2D eigenvalue weighted by Crippen LogP contribution is -2.65. The summed E-state index contributed by atoms with van der Waals surface area (Å²) < 4.78 is 40.7. The molecule has 1 unspecified atom stereocenters. The van der Waals surface area contributed by atoms with Crippen LogP contribution in [0.15, 0.2) is 0 Å². The molecule has 0 aromatic rings. The Balaban J connectivity index is 1.25. The number of hydrogen-bond acceptors (Lipinski definition) is 5. The van der Waals surface area contributed by atoms with E-state index in [0.717, 1.165) is 19.3 Å². The summed E-state index contributed by atoms with van der Waals surface area (Å²) in [4.78, 5) is 54.5. The Morgan fingerprint density at radius 2 is 1.60 bits per heavy atom. The summed E-state index contributed by atoms with van der Waals surface area (Å²) in [5, 5.41) is 17.7. The van der Waals surface area contributed by atoms with Gasteiger partial charge in [0.2, 0.25) is 17.7 Å². The molecule has 0 aromatic carbocycles. The molecule has 2 saturated heterocycles. The highest BCUT2D eigenvalue weighted by Gasteiger charge is 2.70. The van der Waals surface area contributed by atoms with Gasteiger partial charge in [-0.3, -0.25) is 19.2 Å². The van der Waals surface area contributed by atoms with Crippen LogP contribution in [0.2, 0.25) is 0 Å². The van der Waals surface area contributed by atoms with E-state index in [1.807, 2.05) is 27.7 Å². The molecule has 9 nitrogen and oxygen atoms in total. The lowest BCUT2D eigenvalue weighted by atomic mass is 9.47. The zero-order valence-electron chi connectivity index (χ0n) is 25.2. The summed E-state index contributed by atoms with van der Waals surface area (Å²) in [6, 6.07) is -1.24. The monoisotopic (exact) mass is 605 g/mol. The van der Waals surface area contributed by atoms with Gasteiger partial charge in [0.25, 0.3) is 0 Å². The molecule has 5 saturated carbocycles. The molecule has 4 amide bonds. The SMILES string of the molecule is CC1(C)C[C@@H](C[C@@H](C#N)NC(=O)[C@@H]2[C@@H]3[C@H](CN2C(=O)C(NC(=O)C(F)(F)F)C24CC5CC(CC(C5)C2)C4)C3(C)C)C(=O)N1. The Morgan fingerprint density at radius 3 is 2.09 bits per heavy atom. The maximum absolute atomic E-state index is 14.4. The van der Waals surface area contributed by atoms with E-state index in [0.29, 0.717) is 43.4 Å². The number of amides is 4. The van der Waals surface area contributed by atoms with Crippen LogP contribution in [0.3, 0.4) is 0 Å². The minimum absolute atomic E-state index is 0.0236. The van der Waals surface area contributed by atoms with E-state index < -0.39 is 58.9 Å². The molecule has 0 spiro atoms. The lowest BCUT2D eigenvalue weighted by Gasteiger charge is -2.59. The number of likely N-dealkylation sites (tertiary alicyclic amines) is 1. The van der Waals surface area contributed by atoms with Crippen molar-refractivity contribution in [3.05, 3.63) is 0 Å². The number of hydrogen-bond donors (Lipinski definition) is 3. The smallest absolute Gasteiger partial charge is 0.351 e. The first-order valence-corrected chi connectivity index (χ1v) is 15.6. The maximum Gasteiger partial charge on any atom is 0.471 e. The predicted molar refractivity (Wildman–Crippen MR) is 147 cm³/mol. The molecule has 6 atom stereocenters. The van der Waals surface area contributed by atoms with Crippen molar-refractivity contribution in [2.45, 2.75) is 109 Å². The van der Waals surface area contributed by atoms with E-state index in [1.165, 1.54) is 4.90 Å². The van der Waals surface area contributed by atoms with Crippen LogP contribution >= 0.6 is 0 Å². The van der Waals surface area contributed by atoms with Crippen molar-refractivity contribution in [1.29, 1.82) is 5.26 Å². The summed E-state index contributed by atoms with van der Waals surface area (Å²) in [6.45, 7) is 7.98. The molecule has 0 aromatic heterocycles. The van der Waals surface area contributed by atoms with Crippen molar-refractivity contribution < 1.29 is 32.3 Å². The van der Waals surface area contributed by atoms with Gasteiger partial charge in [-0.05, 0) is 100 Å². The Kier molecular flexibility index (Phi) is 6.90. The van der Waals surface area contributed by atoms with Crippen LogP contribution in [-0.2, 0) is 19.2 Å². The molecule has 2 aliphatic heterocycles. The predicted octanol–water partition coefficient (Wildman–Crippen LogP) is 3.05. The van der Waals surface area contributed by atoms with Gasteiger partial charge in [-0.2, -0.15) is 18.4 Å². The van der Waals surface area contributed by atoms with E-state index in [4.69, 9.17) is 0 Å². The van der Waals surface area contributed by atoms with Gasteiger partial charge in [-0.15, -0.1) is 0 Å². The third-order valence-electron chi connectivity index (χ3n) is 11.8. The normalized spacial score (nSPS) is 39.3. The average molecular weight is 606 g/mol. The topological polar surface area (TPSA) is 131 Å². The fourth-order valence-corrected chi connectivity index (χ4v) is 10.3. The van der Waals surface area contributed by atoms with Gasteiger partial charge in [0.05, 0.1) is 6.07 Å². The first-order chi connectivity index (χ1) is 19.9. The Bertz CT molecular complexity index is 1240. The zero-order chi connectivity index (χ0) is 31.3. The maximum atomic E-state index is 14.4. The molecule has 7 aliphatic rings. The molecule has 12 heteroatoms. The minimum Gasteiger partial charge on any atom is -0.351 e.